The fraction of sp³-hybridized carbons (Fsp3) is 0. The van der Waals surface area contributed by atoms with E-state index in [1.807, 2.05) is 0 Å². The Bertz CT molecular complexity index is 17.1. The molecular formula is C2H2BrFZn. The third-order valence-electron chi connectivity index (χ3n) is 0. The summed E-state index contributed by atoms with van der Waals surface area (Å²) in [5.74, 6) is 0. The van der Waals surface area contributed by atoms with Crippen molar-refractivity contribution in [3.05, 3.63) is 12.9 Å². The molecule has 0 aliphatic carbocycles. The minimum absolute atomic E-state index is 1.00. The van der Waals surface area contributed by atoms with E-state index in [1.54, 1.807) is 0 Å². The average molecular weight is 190 g/mol. The quantitative estimate of drug-likeness (QED) is 0.403. The molecule has 0 saturated carbocycles. The number of halogens is 2. The molecule has 0 radical (unpaired) electrons. The Morgan fingerprint density at radius 1 is 1.80 bits per heavy atom. The standard InChI is InChI=1S/C2H2F.BrH.Zn/c1-2-3;;/h1H2;1H;/q-1;;+2/p-1. The van der Waals surface area contributed by atoms with Crippen molar-refractivity contribution >= 4 is 13.6 Å². The van der Waals surface area contributed by atoms with Crippen LogP contribution in [0, 0.1) is 6.33 Å². The van der Waals surface area contributed by atoms with Gasteiger partial charge >= 0.3 is 30.0 Å². The van der Waals surface area contributed by atoms with E-state index in [4.69, 9.17) is 0 Å². The van der Waals surface area contributed by atoms with Gasteiger partial charge in [0.25, 0.3) is 0 Å². The van der Waals surface area contributed by atoms with E-state index in [2.05, 4.69) is 20.2 Å². The SMILES string of the molecule is C=[C-]F.[Zn+][Br]. The van der Waals surface area contributed by atoms with E-state index in [-0.39, 0.29) is 0 Å². The Morgan fingerprint density at radius 2 is 1.80 bits per heavy atom. The van der Waals surface area contributed by atoms with E-state index < -0.39 is 0 Å². The van der Waals surface area contributed by atoms with Gasteiger partial charge in [0.2, 0.25) is 0 Å². The Morgan fingerprint density at radius 3 is 1.80 bits per heavy atom. The summed E-state index contributed by atoms with van der Waals surface area (Å²) in [5, 5.41) is 0. The normalized spacial score (nSPS) is 4.00. The maximum absolute atomic E-state index is 9.93. The Hall–Kier alpha value is 0.773. The summed E-state index contributed by atoms with van der Waals surface area (Å²) < 4.78 is 9.93. The molecule has 0 spiro atoms. The predicted octanol–water partition coefficient (Wildman–Crippen LogP) is 1.75. The van der Waals surface area contributed by atoms with Crippen LogP contribution in [0.2, 0.25) is 0 Å². The minimum atomic E-state index is 1.00. The Labute approximate surface area is 47.5 Å². The summed E-state index contributed by atoms with van der Waals surface area (Å²) in [6.45, 7) is 2.57. The summed E-state index contributed by atoms with van der Waals surface area (Å²) >= 11 is 4.25. The van der Waals surface area contributed by atoms with Crippen molar-refractivity contribution in [3.63, 3.8) is 0 Å². The molecule has 0 amide bonds. The zero-order chi connectivity index (χ0) is 4.71. The summed E-state index contributed by atoms with van der Waals surface area (Å²) in [5.41, 5.74) is 0. The van der Waals surface area contributed by atoms with Crippen molar-refractivity contribution in [1.82, 2.24) is 0 Å². The summed E-state index contributed by atoms with van der Waals surface area (Å²) in [4.78, 5) is 0. The molecule has 0 aliphatic heterocycles. The topological polar surface area (TPSA) is 0 Å². The molecule has 26 valence electrons. The first kappa shape index (κ1) is 9.24. The van der Waals surface area contributed by atoms with E-state index in [0.29, 0.717) is 0 Å². The van der Waals surface area contributed by atoms with Crippen molar-refractivity contribution in [1.29, 1.82) is 0 Å². The van der Waals surface area contributed by atoms with Crippen molar-refractivity contribution in [2.45, 2.75) is 0 Å². The van der Waals surface area contributed by atoms with Gasteiger partial charge in [-0.05, 0) is 0 Å². The van der Waals surface area contributed by atoms with Crippen molar-refractivity contribution in [3.8, 4) is 0 Å². The number of hydrogen-bond acceptors (Lipinski definition) is 0. The molecular weight excluding hydrogens is 188 g/mol. The molecule has 0 N–H and O–H groups in total. The molecule has 0 unspecified atom stereocenters. The molecule has 0 nitrogen and oxygen atoms in total. The van der Waals surface area contributed by atoms with Crippen LogP contribution in [0.5, 0.6) is 0 Å². The van der Waals surface area contributed by atoms with Crippen molar-refractivity contribution in [2.24, 2.45) is 0 Å². The first-order chi connectivity index (χ1) is 2.41. The monoisotopic (exact) mass is 188 g/mol. The van der Waals surface area contributed by atoms with Crippen LogP contribution in [0.3, 0.4) is 0 Å². The predicted molar refractivity (Wildman–Crippen MR) is 18.9 cm³/mol. The van der Waals surface area contributed by atoms with Crippen molar-refractivity contribution < 1.29 is 20.7 Å². The first-order valence-corrected chi connectivity index (χ1v) is 7.76. The van der Waals surface area contributed by atoms with Crippen LogP contribution in [0.4, 0.5) is 4.39 Å². The van der Waals surface area contributed by atoms with Crippen LogP contribution in [0.25, 0.3) is 0 Å². The third kappa shape index (κ3) is 61.4. The van der Waals surface area contributed by atoms with Crippen LogP contribution < -0.4 is 0 Å². The van der Waals surface area contributed by atoms with Gasteiger partial charge in [0.15, 0.2) is 0 Å². The molecule has 3 heteroatoms. The maximum atomic E-state index is 9.93. The zero-order valence-electron chi connectivity index (χ0n) is 2.67. The molecule has 0 aliphatic rings. The van der Waals surface area contributed by atoms with E-state index in [1.165, 1.54) is 16.3 Å². The van der Waals surface area contributed by atoms with E-state index in [0.717, 1.165) is 6.33 Å². The summed E-state index contributed by atoms with van der Waals surface area (Å²) in [7, 11) is 0. The first-order valence-electron chi connectivity index (χ1n) is 0.810. The van der Waals surface area contributed by atoms with Gasteiger partial charge in [-0.25, -0.2) is 0 Å². The molecule has 0 aromatic carbocycles. The fourth-order valence-corrected chi connectivity index (χ4v) is 0. The van der Waals surface area contributed by atoms with Gasteiger partial charge < -0.3 is 10.7 Å². The van der Waals surface area contributed by atoms with Gasteiger partial charge in [0.1, 0.15) is 0 Å². The molecule has 0 rings (SSSR count). The van der Waals surface area contributed by atoms with Crippen molar-refractivity contribution in [2.75, 3.05) is 0 Å². The number of hydrogen-bond donors (Lipinski definition) is 0. The molecule has 0 aromatic heterocycles. The van der Waals surface area contributed by atoms with Crippen LogP contribution >= 0.6 is 13.6 Å². The molecule has 0 saturated heterocycles. The van der Waals surface area contributed by atoms with E-state index in [9.17, 15) is 4.39 Å². The molecule has 5 heavy (non-hydrogen) atoms. The second-order valence-corrected chi connectivity index (χ2v) is 0.134. The van der Waals surface area contributed by atoms with Crippen LogP contribution in [-0.4, -0.2) is 0 Å². The summed E-state index contributed by atoms with van der Waals surface area (Å²) in [6, 6.07) is 0. The number of rotatable bonds is 0. The fourth-order valence-electron chi connectivity index (χ4n) is 0. The molecule has 0 fully saturated rings. The van der Waals surface area contributed by atoms with Gasteiger partial charge in [0, 0.05) is 0 Å². The average Bonchev–Trinajstić information content (AvgIpc) is 1.46. The second kappa shape index (κ2) is 21.6. The van der Waals surface area contributed by atoms with Gasteiger partial charge in [-0.1, -0.05) is 0 Å². The van der Waals surface area contributed by atoms with Gasteiger partial charge in [-0.2, -0.15) is 0 Å². The Kier molecular flexibility index (Phi) is 39.9. The molecule has 0 atom stereocenters. The van der Waals surface area contributed by atoms with E-state index >= 15 is 0 Å². The second-order valence-electron chi connectivity index (χ2n) is 0.134. The van der Waals surface area contributed by atoms with Gasteiger partial charge in [0.05, 0.1) is 0 Å². The Balaban J connectivity index is 0. The third-order valence-corrected chi connectivity index (χ3v) is 0. The zero-order valence-corrected chi connectivity index (χ0v) is 7.22. The van der Waals surface area contributed by atoms with Gasteiger partial charge in [-0.3, -0.25) is 6.58 Å². The molecule has 0 aromatic rings. The van der Waals surface area contributed by atoms with Crippen LogP contribution in [-0.2, 0) is 16.3 Å². The van der Waals surface area contributed by atoms with Crippen LogP contribution in [0.15, 0.2) is 6.58 Å². The van der Waals surface area contributed by atoms with Crippen LogP contribution in [0.1, 0.15) is 0 Å². The molecule has 0 heterocycles. The van der Waals surface area contributed by atoms with Gasteiger partial charge in [-0.15, -0.1) is 0 Å². The molecule has 0 bridgehead atoms. The summed E-state index contributed by atoms with van der Waals surface area (Å²) in [6.07, 6.45) is 1.00.